The van der Waals surface area contributed by atoms with E-state index in [4.69, 9.17) is 9.47 Å². The first kappa shape index (κ1) is 19.2. The number of hydrogen-bond acceptors (Lipinski definition) is 5. The molecule has 0 fully saturated rings. The lowest BCUT2D eigenvalue weighted by molar-refractivity contribution is -0.112. The van der Waals surface area contributed by atoms with Crippen molar-refractivity contribution in [3.63, 3.8) is 0 Å². The molecule has 2 aromatic rings. The number of halogens is 1. The van der Waals surface area contributed by atoms with Crippen LogP contribution in [0.4, 0.5) is 10.1 Å². The van der Waals surface area contributed by atoms with Gasteiger partial charge in [-0.3, -0.25) is 4.79 Å². The molecular formula is C19H21FN2O4. The van der Waals surface area contributed by atoms with Gasteiger partial charge in [0.15, 0.2) is 17.3 Å². The Morgan fingerprint density at radius 3 is 2.65 bits per heavy atom. The van der Waals surface area contributed by atoms with Crippen LogP contribution in [0.25, 0.3) is 0 Å². The number of amides is 1. The lowest BCUT2D eigenvalue weighted by Crippen LogP contribution is -2.32. The van der Waals surface area contributed by atoms with E-state index in [2.05, 4.69) is 9.99 Å². The molecule has 2 aromatic carbocycles. The lowest BCUT2D eigenvalue weighted by atomic mass is 10.1. The molecule has 0 aliphatic carbocycles. The first-order valence-corrected chi connectivity index (χ1v) is 8.03. The minimum Gasteiger partial charge on any atom is -0.493 e. The zero-order valence-corrected chi connectivity index (χ0v) is 14.9. The summed E-state index contributed by atoms with van der Waals surface area (Å²) in [5.74, 6) is -0.513. The maximum absolute atomic E-state index is 14.0. The summed E-state index contributed by atoms with van der Waals surface area (Å²) < 4.78 is 24.8. The van der Waals surface area contributed by atoms with Crippen LogP contribution in [-0.2, 0) is 16.2 Å². The highest BCUT2D eigenvalue weighted by Gasteiger charge is 2.17. The summed E-state index contributed by atoms with van der Waals surface area (Å²) in [5, 5.41) is 3.51. The molecule has 0 N–H and O–H groups in total. The van der Waals surface area contributed by atoms with Crippen LogP contribution in [0.5, 0.6) is 11.5 Å². The lowest BCUT2D eigenvalue weighted by Gasteiger charge is -2.22. The normalized spacial score (nSPS) is 10.6. The second kappa shape index (κ2) is 9.41. The van der Waals surface area contributed by atoms with Crippen LogP contribution >= 0.6 is 0 Å². The monoisotopic (exact) mass is 360 g/mol. The van der Waals surface area contributed by atoms with Gasteiger partial charge in [-0.15, -0.1) is 0 Å². The van der Waals surface area contributed by atoms with E-state index in [1.807, 2.05) is 25.1 Å². The molecule has 0 heterocycles. The first-order valence-electron chi connectivity index (χ1n) is 8.03. The van der Waals surface area contributed by atoms with Crippen molar-refractivity contribution in [2.24, 2.45) is 5.16 Å². The molecule has 138 valence electrons. The van der Waals surface area contributed by atoms with E-state index in [0.29, 0.717) is 18.0 Å². The molecule has 1 amide bonds. The number of rotatable bonds is 8. The average molecular weight is 360 g/mol. The Balaban J connectivity index is 2.27. The predicted molar refractivity (Wildman–Crippen MR) is 97.3 cm³/mol. The van der Waals surface area contributed by atoms with Crippen molar-refractivity contribution >= 4 is 17.8 Å². The molecule has 0 aliphatic rings. The maximum atomic E-state index is 14.0. The molecule has 0 spiro atoms. The highest BCUT2D eigenvalue weighted by Crippen LogP contribution is 2.31. The van der Waals surface area contributed by atoms with Crippen molar-refractivity contribution in [3.8, 4) is 11.5 Å². The Labute approximate surface area is 151 Å². The summed E-state index contributed by atoms with van der Waals surface area (Å²) >= 11 is 0. The van der Waals surface area contributed by atoms with E-state index in [1.165, 1.54) is 25.2 Å². The van der Waals surface area contributed by atoms with Gasteiger partial charge in [0.05, 0.1) is 12.8 Å². The average Bonchev–Trinajstić information content (AvgIpc) is 2.66. The van der Waals surface area contributed by atoms with E-state index in [9.17, 15) is 9.18 Å². The Morgan fingerprint density at radius 1 is 1.19 bits per heavy atom. The SMILES string of the molecule is CCN(C(=O)C=NOC)c1ccccc1COc1c(F)cccc1OC. The third-order valence-electron chi connectivity index (χ3n) is 3.66. The van der Waals surface area contributed by atoms with Crippen molar-refractivity contribution < 1.29 is 23.5 Å². The van der Waals surface area contributed by atoms with Gasteiger partial charge in [-0.1, -0.05) is 29.4 Å². The Morgan fingerprint density at radius 2 is 1.96 bits per heavy atom. The largest absolute Gasteiger partial charge is 0.493 e. The molecule has 0 saturated heterocycles. The number of ether oxygens (including phenoxy) is 2. The molecule has 6 nitrogen and oxygen atoms in total. The van der Waals surface area contributed by atoms with Crippen LogP contribution in [0.3, 0.4) is 0 Å². The number of nitrogens with zero attached hydrogens (tertiary/aromatic N) is 2. The predicted octanol–water partition coefficient (Wildman–Crippen LogP) is 3.40. The Kier molecular flexibility index (Phi) is 6.96. The Bertz CT molecular complexity index is 780. The van der Waals surface area contributed by atoms with Gasteiger partial charge >= 0.3 is 0 Å². The van der Waals surface area contributed by atoms with Gasteiger partial charge in [0.25, 0.3) is 5.91 Å². The van der Waals surface area contributed by atoms with Crippen molar-refractivity contribution in [2.75, 3.05) is 25.7 Å². The van der Waals surface area contributed by atoms with Crippen LogP contribution in [0.1, 0.15) is 12.5 Å². The van der Waals surface area contributed by atoms with Crippen molar-refractivity contribution in [3.05, 3.63) is 53.8 Å². The van der Waals surface area contributed by atoms with Crippen molar-refractivity contribution in [2.45, 2.75) is 13.5 Å². The summed E-state index contributed by atoms with van der Waals surface area (Å²) in [5.41, 5.74) is 1.37. The highest BCUT2D eigenvalue weighted by molar-refractivity contribution is 6.32. The molecular weight excluding hydrogens is 339 g/mol. The number of carbonyl (C=O) groups is 1. The third kappa shape index (κ3) is 4.50. The summed E-state index contributed by atoms with van der Waals surface area (Å²) in [4.78, 5) is 18.4. The van der Waals surface area contributed by atoms with Gasteiger partial charge < -0.3 is 19.2 Å². The fraction of sp³-hybridized carbons (Fsp3) is 0.263. The molecule has 0 aromatic heterocycles. The van der Waals surface area contributed by atoms with Crippen molar-refractivity contribution in [1.82, 2.24) is 0 Å². The van der Waals surface area contributed by atoms with E-state index in [-0.39, 0.29) is 18.3 Å². The molecule has 0 bridgehead atoms. The fourth-order valence-electron chi connectivity index (χ4n) is 2.45. The molecule has 26 heavy (non-hydrogen) atoms. The van der Waals surface area contributed by atoms with E-state index < -0.39 is 5.82 Å². The van der Waals surface area contributed by atoms with Crippen LogP contribution < -0.4 is 14.4 Å². The number of anilines is 1. The zero-order valence-electron chi connectivity index (χ0n) is 14.9. The van der Waals surface area contributed by atoms with Gasteiger partial charge in [0.1, 0.15) is 19.9 Å². The standard InChI is InChI=1S/C19H21FN2O4/c1-4-22(18(23)12-21-25-3)16-10-6-5-8-14(16)13-26-19-15(20)9-7-11-17(19)24-2/h5-12H,4,13H2,1-3H3. The van der Waals surface area contributed by atoms with E-state index in [1.54, 1.807) is 18.2 Å². The molecule has 0 radical (unpaired) electrons. The molecule has 0 saturated carbocycles. The topological polar surface area (TPSA) is 60.4 Å². The summed E-state index contributed by atoms with van der Waals surface area (Å²) in [6.45, 7) is 2.34. The van der Waals surface area contributed by atoms with Gasteiger partial charge in [0.2, 0.25) is 0 Å². The number of methoxy groups -OCH3 is 1. The van der Waals surface area contributed by atoms with Gasteiger partial charge in [0, 0.05) is 12.1 Å². The quantitative estimate of drug-likeness (QED) is 0.535. The van der Waals surface area contributed by atoms with Gasteiger partial charge in [-0.05, 0) is 25.1 Å². The van der Waals surface area contributed by atoms with Crippen LogP contribution in [0.15, 0.2) is 47.6 Å². The second-order valence-corrected chi connectivity index (χ2v) is 5.19. The number of benzene rings is 2. The van der Waals surface area contributed by atoms with Crippen LogP contribution in [0.2, 0.25) is 0 Å². The number of para-hydroxylation sites is 2. The maximum Gasteiger partial charge on any atom is 0.272 e. The molecule has 2 rings (SSSR count). The van der Waals surface area contributed by atoms with Gasteiger partial charge in [-0.25, -0.2) is 4.39 Å². The fourth-order valence-corrected chi connectivity index (χ4v) is 2.45. The molecule has 0 atom stereocenters. The van der Waals surface area contributed by atoms with E-state index in [0.717, 1.165) is 11.8 Å². The minimum atomic E-state index is -0.516. The van der Waals surface area contributed by atoms with Crippen LogP contribution in [-0.4, -0.2) is 32.9 Å². The second-order valence-electron chi connectivity index (χ2n) is 5.19. The Hall–Kier alpha value is -3.09. The molecule has 0 unspecified atom stereocenters. The van der Waals surface area contributed by atoms with E-state index >= 15 is 0 Å². The highest BCUT2D eigenvalue weighted by atomic mass is 19.1. The summed E-state index contributed by atoms with van der Waals surface area (Å²) in [6.07, 6.45) is 1.10. The molecule has 0 aliphatic heterocycles. The number of hydrogen-bond donors (Lipinski definition) is 0. The summed E-state index contributed by atoms with van der Waals surface area (Å²) in [7, 11) is 2.81. The number of oxime groups is 1. The summed E-state index contributed by atoms with van der Waals surface area (Å²) in [6, 6.07) is 11.7. The zero-order chi connectivity index (χ0) is 18.9. The molecule has 7 heteroatoms. The van der Waals surface area contributed by atoms with Crippen LogP contribution in [0, 0.1) is 5.82 Å². The third-order valence-corrected chi connectivity index (χ3v) is 3.66. The smallest absolute Gasteiger partial charge is 0.272 e. The number of carbonyl (C=O) groups excluding carboxylic acids is 1. The first-order chi connectivity index (χ1) is 12.6. The van der Waals surface area contributed by atoms with Gasteiger partial charge in [-0.2, -0.15) is 0 Å². The van der Waals surface area contributed by atoms with Crippen molar-refractivity contribution in [1.29, 1.82) is 0 Å². The minimum absolute atomic E-state index is 0.0279.